The Kier molecular flexibility index (Phi) is 4.20. The Balaban J connectivity index is 1.87. The van der Waals surface area contributed by atoms with Crippen molar-refractivity contribution in [2.45, 2.75) is 25.9 Å². The molecule has 1 amide bonds. The van der Waals surface area contributed by atoms with E-state index in [0.29, 0.717) is 19.5 Å². The van der Waals surface area contributed by atoms with Crippen LogP contribution in [-0.2, 0) is 11.2 Å². The van der Waals surface area contributed by atoms with Gasteiger partial charge in [0.1, 0.15) is 0 Å². The van der Waals surface area contributed by atoms with Gasteiger partial charge in [0.25, 0.3) is 0 Å². The van der Waals surface area contributed by atoms with Crippen molar-refractivity contribution in [3.05, 3.63) is 29.8 Å². The molecule has 4 heteroatoms. The molecule has 0 spiro atoms. The summed E-state index contributed by atoms with van der Waals surface area (Å²) in [4.78, 5) is 12.0. The number of carbonyl (C=O) groups is 1. The van der Waals surface area contributed by atoms with Crippen LogP contribution in [0.25, 0.3) is 0 Å². The highest BCUT2D eigenvalue weighted by Gasteiger charge is 2.23. The predicted molar refractivity (Wildman–Crippen MR) is 71.4 cm³/mol. The lowest BCUT2D eigenvalue weighted by molar-refractivity contribution is -0.124. The van der Waals surface area contributed by atoms with Crippen molar-refractivity contribution < 1.29 is 9.90 Å². The zero-order chi connectivity index (χ0) is 13.0. The quantitative estimate of drug-likeness (QED) is 0.749. The highest BCUT2D eigenvalue weighted by molar-refractivity contribution is 5.80. The van der Waals surface area contributed by atoms with Gasteiger partial charge in [-0.15, -0.1) is 0 Å². The minimum absolute atomic E-state index is 0.0195. The fraction of sp³-hybridized carbons (Fsp3) is 0.500. The number of rotatable bonds is 4. The Labute approximate surface area is 107 Å². The first kappa shape index (κ1) is 12.9. The molecule has 3 N–H and O–H groups in total. The largest absolute Gasteiger partial charge is 0.393 e. The maximum absolute atomic E-state index is 12.0. The highest BCUT2D eigenvalue weighted by Crippen LogP contribution is 2.24. The zero-order valence-corrected chi connectivity index (χ0v) is 10.6. The summed E-state index contributed by atoms with van der Waals surface area (Å²) < 4.78 is 0. The number of benzene rings is 1. The van der Waals surface area contributed by atoms with E-state index in [1.165, 1.54) is 5.56 Å². The number of nitrogens with one attached hydrogen (secondary N) is 2. The van der Waals surface area contributed by atoms with Gasteiger partial charge in [-0.1, -0.05) is 18.2 Å². The fourth-order valence-corrected chi connectivity index (χ4v) is 2.18. The van der Waals surface area contributed by atoms with Crippen LogP contribution in [0.2, 0.25) is 0 Å². The molecule has 18 heavy (non-hydrogen) atoms. The average molecular weight is 248 g/mol. The van der Waals surface area contributed by atoms with Crippen molar-refractivity contribution in [2.75, 3.05) is 18.4 Å². The summed E-state index contributed by atoms with van der Waals surface area (Å²) in [5.41, 5.74) is 2.32. The van der Waals surface area contributed by atoms with Gasteiger partial charge in [-0.05, 0) is 31.4 Å². The van der Waals surface area contributed by atoms with Crippen molar-refractivity contribution in [1.82, 2.24) is 5.32 Å². The molecule has 2 atom stereocenters. The number of carbonyl (C=O) groups excluding carboxylic acids is 1. The van der Waals surface area contributed by atoms with Gasteiger partial charge in [0.15, 0.2) is 0 Å². The minimum atomic E-state index is -0.365. The molecule has 0 saturated heterocycles. The topological polar surface area (TPSA) is 61.4 Å². The Morgan fingerprint density at radius 1 is 1.56 bits per heavy atom. The van der Waals surface area contributed by atoms with Crippen LogP contribution >= 0.6 is 0 Å². The van der Waals surface area contributed by atoms with Gasteiger partial charge in [-0.25, -0.2) is 0 Å². The van der Waals surface area contributed by atoms with Crippen molar-refractivity contribution in [2.24, 2.45) is 5.92 Å². The van der Waals surface area contributed by atoms with Gasteiger partial charge in [-0.2, -0.15) is 0 Å². The molecule has 2 rings (SSSR count). The van der Waals surface area contributed by atoms with Gasteiger partial charge in [0.05, 0.1) is 12.0 Å². The monoisotopic (exact) mass is 248 g/mol. The second-order valence-electron chi connectivity index (χ2n) is 4.87. The maximum atomic E-state index is 12.0. The number of aliphatic hydroxyl groups excluding tert-OH is 1. The van der Waals surface area contributed by atoms with Gasteiger partial charge in [0, 0.05) is 18.8 Å². The number of para-hydroxylation sites is 1. The highest BCUT2D eigenvalue weighted by atomic mass is 16.3. The van der Waals surface area contributed by atoms with Crippen molar-refractivity contribution in [1.29, 1.82) is 0 Å². The first-order chi connectivity index (χ1) is 8.66. The molecule has 1 aliphatic rings. The summed E-state index contributed by atoms with van der Waals surface area (Å²) >= 11 is 0. The predicted octanol–water partition coefficient (Wildman–Crippen LogP) is 1.16. The number of anilines is 1. The van der Waals surface area contributed by atoms with Crippen LogP contribution < -0.4 is 10.6 Å². The normalized spacial score (nSPS) is 19.6. The van der Waals surface area contributed by atoms with Crippen LogP contribution in [0.15, 0.2) is 24.3 Å². The third-order valence-corrected chi connectivity index (χ3v) is 3.25. The maximum Gasteiger partial charge on any atom is 0.225 e. The first-order valence-corrected chi connectivity index (χ1v) is 6.44. The smallest absolute Gasteiger partial charge is 0.225 e. The molecular weight excluding hydrogens is 228 g/mol. The standard InChI is InChI=1S/C14H20N2O2/c1-10(17)6-7-15-14(18)12-8-11-4-2-3-5-13(11)16-9-12/h2-5,10,12,16-17H,6-9H2,1H3,(H,15,18). The lowest BCUT2D eigenvalue weighted by Crippen LogP contribution is -2.39. The molecule has 4 nitrogen and oxygen atoms in total. The van der Waals surface area contributed by atoms with Crippen LogP contribution in [0.3, 0.4) is 0 Å². The van der Waals surface area contributed by atoms with E-state index in [2.05, 4.69) is 16.7 Å². The van der Waals surface area contributed by atoms with Gasteiger partial charge < -0.3 is 15.7 Å². The van der Waals surface area contributed by atoms with Crippen molar-refractivity contribution in [3.63, 3.8) is 0 Å². The number of aliphatic hydroxyl groups is 1. The second-order valence-corrected chi connectivity index (χ2v) is 4.87. The van der Waals surface area contributed by atoms with E-state index in [-0.39, 0.29) is 17.9 Å². The van der Waals surface area contributed by atoms with Gasteiger partial charge >= 0.3 is 0 Å². The van der Waals surface area contributed by atoms with E-state index in [1.807, 2.05) is 18.2 Å². The lowest BCUT2D eigenvalue weighted by Gasteiger charge is -2.25. The summed E-state index contributed by atoms with van der Waals surface area (Å²) in [6.45, 7) is 2.94. The van der Waals surface area contributed by atoms with Crippen LogP contribution in [0.4, 0.5) is 5.69 Å². The number of amides is 1. The molecule has 0 saturated carbocycles. The summed E-state index contributed by atoms with van der Waals surface area (Å²) in [5, 5.41) is 15.3. The fourth-order valence-electron chi connectivity index (χ4n) is 2.18. The summed E-state index contributed by atoms with van der Waals surface area (Å²) in [6, 6.07) is 8.08. The summed E-state index contributed by atoms with van der Waals surface area (Å²) in [6.07, 6.45) is 1.02. The SMILES string of the molecule is CC(O)CCNC(=O)C1CNc2ccccc2C1. The molecule has 1 heterocycles. The molecule has 0 aromatic heterocycles. The summed E-state index contributed by atoms with van der Waals surface area (Å²) in [5.74, 6) is 0.0477. The molecule has 98 valence electrons. The van der Waals surface area contributed by atoms with E-state index in [1.54, 1.807) is 6.92 Å². The first-order valence-electron chi connectivity index (χ1n) is 6.44. The van der Waals surface area contributed by atoms with Gasteiger partial charge in [-0.3, -0.25) is 4.79 Å². The molecule has 2 unspecified atom stereocenters. The Hall–Kier alpha value is -1.55. The molecule has 1 aromatic carbocycles. The third-order valence-electron chi connectivity index (χ3n) is 3.25. The van der Waals surface area contributed by atoms with Crippen molar-refractivity contribution in [3.8, 4) is 0 Å². The number of hydrogen-bond donors (Lipinski definition) is 3. The molecule has 1 aromatic rings. The molecule has 0 radical (unpaired) electrons. The Morgan fingerprint density at radius 3 is 3.11 bits per heavy atom. The van der Waals surface area contributed by atoms with Crippen LogP contribution in [-0.4, -0.2) is 30.2 Å². The van der Waals surface area contributed by atoms with E-state index < -0.39 is 0 Å². The molecule has 0 aliphatic carbocycles. The Bertz CT molecular complexity index is 418. The minimum Gasteiger partial charge on any atom is -0.393 e. The zero-order valence-electron chi connectivity index (χ0n) is 10.6. The van der Waals surface area contributed by atoms with Crippen molar-refractivity contribution >= 4 is 11.6 Å². The lowest BCUT2D eigenvalue weighted by atomic mass is 9.93. The molecule has 0 bridgehead atoms. The second kappa shape index (κ2) is 5.87. The van der Waals surface area contributed by atoms with E-state index in [9.17, 15) is 4.79 Å². The molecule has 1 aliphatic heterocycles. The third kappa shape index (κ3) is 3.23. The van der Waals surface area contributed by atoms with Gasteiger partial charge in [0.2, 0.25) is 5.91 Å². The van der Waals surface area contributed by atoms with Crippen LogP contribution in [0.1, 0.15) is 18.9 Å². The molecular formula is C14H20N2O2. The van der Waals surface area contributed by atoms with E-state index >= 15 is 0 Å². The van der Waals surface area contributed by atoms with Crippen LogP contribution in [0, 0.1) is 5.92 Å². The molecule has 0 fully saturated rings. The summed E-state index contributed by atoms with van der Waals surface area (Å²) in [7, 11) is 0. The number of fused-ring (bicyclic) bond motifs is 1. The van der Waals surface area contributed by atoms with E-state index in [0.717, 1.165) is 12.1 Å². The van der Waals surface area contributed by atoms with Crippen LogP contribution in [0.5, 0.6) is 0 Å². The van der Waals surface area contributed by atoms with E-state index in [4.69, 9.17) is 5.11 Å². The Morgan fingerprint density at radius 2 is 2.33 bits per heavy atom. The number of hydrogen-bond acceptors (Lipinski definition) is 3. The average Bonchev–Trinajstić information content (AvgIpc) is 2.37.